The third kappa shape index (κ3) is 5.47. The summed E-state index contributed by atoms with van der Waals surface area (Å²) in [7, 11) is 4.62. The number of hydrazine groups is 1. The first-order chi connectivity index (χ1) is 28.8. The van der Waals surface area contributed by atoms with Crippen molar-refractivity contribution in [3.8, 4) is 5.75 Å². The molecular formula is C45H58N6O9. The molecule has 15 heteroatoms. The SMILES string of the molecule is CC[C@]1(O)CC2CN(CCc3c([nH]c4ccccc34)[C@@](COC=O)(c3cc4c(cc3OC)N(C)[C@H]3[C@@](O)(C(=O)NNC(=O)OC)[C@H](O)[C@]5(CC)C=CCN6CC[C@]43[C@@H]65)C2)C1. The minimum absolute atomic E-state index is 0.00183. The number of aliphatic hydroxyl groups is 3. The number of benzene rings is 2. The van der Waals surface area contributed by atoms with Gasteiger partial charge in [0.05, 0.1) is 31.3 Å². The van der Waals surface area contributed by atoms with E-state index in [1.807, 2.05) is 56.1 Å². The highest BCUT2D eigenvalue weighted by atomic mass is 16.5. The van der Waals surface area contributed by atoms with Crippen molar-refractivity contribution in [3.63, 3.8) is 0 Å². The Morgan fingerprint density at radius 1 is 1.03 bits per heavy atom. The molecule has 2 amide bonds. The highest BCUT2D eigenvalue weighted by Crippen LogP contribution is 2.67. The van der Waals surface area contributed by atoms with E-state index < -0.39 is 51.6 Å². The van der Waals surface area contributed by atoms with E-state index in [4.69, 9.17) is 14.2 Å². The molecular weight excluding hydrogens is 769 g/mol. The molecule has 6 aliphatic rings. The highest BCUT2D eigenvalue weighted by Gasteiger charge is 2.78. The van der Waals surface area contributed by atoms with Crippen LogP contribution < -0.4 is 20.5 Å². The van der Waals surface area contributed by atoms with Crippen molar-refractivity contribution >= 4 is 35.1 Å². The van der Waals surface area contributed by atoms with E-state index in [-0.39, 0.29) is 18.6 Å². The summed E-state index contributed by atoms with van der Waals surface area (Å²) in [4.78, 5) is 49.7. The second kappa shape index (κ2) is 14.5. The number of piperidine rings is 1. The Morgan fingerprint density at radius 3 is 2.57 bits per heavy atom. The minimum atomic E-state index is -2.44. The predicted octanol–water partition coefficient (Wildman–Crippen LogP) is 2.63. The van der Waals surface area contributed by atoms with E-state index in [1.54, 1.807) is 7.11 Å². The van der Waals surface area contributed by atoms with Crippen LogP contribution in [0, 0.1) is 11.3 Å². The Labute approximate surface area is 350 Å². The summed E-state index contributed by atoms with van der Waals surface area (Å²) in [5.41, 5.74) is 3.70. The summed E-state index contributed by atoms with van der Waals surface area (Å²) in [6.07, 6.45) is 4.85. The molecule has 6 heterocycles. The van der Waals surface area contributed by atoms with Crippen molar-refractivity contribution in [1.29, 1.82) is 0 Å². The molecule has 3 fully saturated rings. The Bertz CT molecular complexity index is 2250. The number of nitrogens with zero attached hydrogens (tertiary/aromatic N) is 3. The molecule has 6 N–H and O–H groups in total. The second-order valence-electron chi connectivity index (χ2n) is 18.3. The van der Waals surface area contributed by atoms with Gasteiger partial charge in [-0.2, -0.15) is 0 Å². The van der Waals surface area contributed by atoms with E-state index in [0.29, 0.717) is 70.4 Å². The third-order valence-electron chi connectivity index (χ3n) is 15.7. The van der Waals surface area contributed by atoms with Gasteiger partial charge in [-0.3, -0.25) is 24.8 Å². The van der Waals surface area contributed by atoms with Gasteiger partial charge in [-0.05, 0) is 74.2 Å². The number of amides is 2. The zero-order valence-corrected chi connectivity index (χ0v) is 35.1. The normalized spacial score (nSPS) is 36.5. The standard InChI is InChI=1S/C45H58N6O9/c1-6-41(56)21-27-22-43(25-60-26-52,35-29(13-17-50(23-27)24-41)28-11-8-9-12-32(28)46-35)31-19-30-33(20-34(31)58-4)49(3)37-44(30)15-18-51-16-10-14-42(7-2,36(44)51)38(53)45(37,57)39(54)47-48-40(55)59-5/h8-12,14,19-20,26-27,36-38,46,53,56-57H,6-7,13,15-18,21-25H2,1-5H3,(H,47,54)(H,48,55)/t27?,36-,37+,38+,41-,42+,43-,44+,45-/m0/s1. The molecule has 1 saturated carbocycles. The molecule has 15 nitrogen and oxygen atoms in total. The number of aliphatic hydroxyl groups excluding tert-OH is 1. The number of hydrogen-bond acceptors (Lipinski definition) is 12. The van der Waals surface area contributed by atoms with Gasteiger partial charge in [-0.25, -0.2) is 10.2 Å². The second-order valence-corrected chi connectivity index (χ2v) is 18.3. The fourth-order valence-electron chi connectivity index (χ4n) is 13.3. The largest absolute Gasteiger partial charge is 0.496 e. The summed E-state index contributed by atoms with van der Waals surface area (Å²) in [6.45, 7) is 7.85. The van der Waals surface area contributed by atoms with Crippen LogP contribution in [0.2, 0.25) is 0 Å². The Hall–Kier alpha value is -4.67. The molecule has 1 aliphatic carbocycles. The van der Waals surface area contributed by atoms with Gasteiger partial charge >= 0.3 is 6.09 Å². The third-order valence-corrected chi connectivity index (χ3v) is 15.7. The van der Waals surface area contributed by atoms with Gasteiger partial charge < -0.3 is 39.4 Å². The van der Waals surface area contributed by atoms with Gasteiger partial charge in [0.2, 0.25) is 0 Å². The summed E-state index contributed by atoms with van der Waals surface area (Å²) in [5.74, 6) is -0.420. The smallest absolute Gasteiger partial charge is 0.425 e. The summed E-state index contributed by atoms with van der Waals surface area (Å²) < 4.78 is 17.1. The average molecular weight is 827 g/mol. The van der Waals surface area contributed by atoms with Crippen LogP contribution in [0.15, 0.2) is 48.6 Å². The molecule has 0 radical (unpaired) electrons. The maximum atomic E-state index is 14.5. The molecule has 1 spiro atoms. The number of hydrogen-bond donors (Lipinski definition) is 6. The van der Waals surface area contributed by atoms with E-state index in [9.17, 15) is 29.7 Å². The first-order valence-electron chi connectivity index (χ1n) is 21.3. The molecule has 2 saturated heterocycles. The molecule has 9 rings (SSSR count). The van der Waals surface area contributed by atoms with Crippen LogP contribution >= 0.6 is 0 Å². The van der Waals surface area contributed by atoms with Gasteiger partial charge in [-0.15, -0.1) is 0 Å². The quantitative estimate of drug-likeness (QED) is 0.111. The van der Waals surface area contributed by atoms with E-state index >= 15 is 0 Å². The minimum Gasteiger partial charge on any atom is -0.496 e. The number of carbonyl (C=O) groups is 3. The number of likely N-dealkylation sites (N-methyl/N-ethyl adjacent to an activating group) is 1. The maximum absolute atomic E-state index is 14.5. The monoisotopic (exact) mass is 826 g/mol. The predicted molar refractivity (Wildman–Crippen MR) is 223 cm³/mol. The lowest BCUT2D eigenvalue weighted by Gasteiger charge is -2.63. The molecule has 3 aromatic rings. The number of anilines is 1. The number of rotatable bonds is 8. The molecule has 1 aromatic heterocycles. The van der Waals surface area contributed by atoms with Crippen LogP contribution in [-0.4, -0.2) is 139 Å². The lowest BCUT2D eigenvalue weighted by atomic mass is 9.47. The molecule has 60 heavy (non-hydrogen) atoms. The first kappa shape index (κ1) is 40.7. The lowest BCUT2D eigenvalue weighted by molar-refractivity contribution is -0.204. The van der Waals surface area contributed by atoms with Gasteiger partial charge in [-0.1, -0.05) is 44.2 Å². The van der Waals surface area contributed by atoms with Gasteiger partial charge in [0.1, 0.15) is 18.5 Å². The number of carbonyl (C=O) groups excluding carboxylic acids is 3. The summed E-state index contributed by atoms with van der Waals surface area (Å²) in [5, 5.41) is 38.9. The number of fused-ring (bicyclic) bond motifs is 6. The van der Waals surface area contributed by atoms with Crippen molar-refractivity contribution < 1.29 is 43.9 Å². The maximum Gasteiger partial charge on any atom is 0.425 e. The van der Waals surface area contributed by atoms with E-state index in [0.717, 1.165) is 52.1 Å². The van der Waals surface area contributed by atoms with Crippen molar-refractivity contribution in [2.24, 2.45) is 11.3 Å². The molecule has 322 valence electrons. The first-order valence-corrected chi connectivity index (χ1v) is 21.3. The summed E-state index contributed by atoms with van der Waals surface area (Å²) in [6, 6.07) is 11.0. The number of H-pyrrole nitrogens is 1. The van der Waals surface area contributed by atoms with Crippen LogP contribution in [0.5, 0.6) is 5.75 Å². The van der Waals surface area contributed by atoms with Crippen molar-refractivity contribution in [2.75, 3.05) is 65.5 Å². The van der Waals surface area contributed by atoms with Gasteiger partial charge in [0, 0.05) is 84.0 Å². The van der Waals surface area contributed by atoms with Crippen molar-refractivity contribution in [1.82, 2.24) is 25.6 Å². The Kier molecular flexibility index (Phi) is 9.82. The number of nitrogens with one attached hydrogen (secondary N) is 3. The fraction of sp³-hybridized carbons (Fsp3) is 0.578. The topological polar surface area (TPSA) is 189 Å². The Balaban J connectivity index is 1.32. The average Bonchev–Trinajstić information content (AvgIpc) is 3.92. The van der Waals surface area contributed by atoms with E-state index in [1.165, 1.54) is 7.11 Å². The van der Waals surface area contributed by atoms with Gasteiger partial charge in [0.25, 0.3) is 12.4 Å². The van der Waals surface area contributed by atoms with Crippen LogP contribution in [0.25, 0.3) is 10.9 Å². The molecule has 2 unspecified atom stereocenters. The van der Waals surface area contributed by atoms with Crippen LogP contribution in [0.3, 0.4) is 0 Å². The molecule has 10 atom stereocenters. The molecule has 5 aliphatic heterocycles. The number of aromatic nitrogens is 1. The van der Waals surface area contributed by atoms with Crippen LogP contribution in [-0.2, 0) is 36.3 Å². The lowest BCUT2D eigenvalue weighted by Crippen LogP contribution is -2.82. The van der Waals surface area contributed by atoms with Crippen LogP contribution in [0.4, 0.5) is 10.5 Å². The Morgan fingerprint density at radius 2 is 1.83 bits per heavy atom. The highest BCUT2D eigenvalue weighted by molar-refractivity contribution is 5.91. The molecule has 2 aromatic carbocycles. The van der Waals surface area contributed by atoms with Crippen molar-refractivity contribution in [3.05, 3.63) is 70.9 Å². The molecule has 2 bridgehead atoms. The number of ether oxygens (including phenoxy) is 3. The zero-order chi connectivity index (χ0) is 42.4. The van der Waals surface area contributed by atoms with Crippen LogP contribution in [0.1, 0.15) is 68.3 Å². The fourth-order valence-corrected chi connectivity index (χ4v) is 13.3. The zero-order valence-electron chi connectivity index (χ0n) is 35.1. The van der Waals surface area contributed by atoms with Crippen molar-refractivity contribution in [2.45, 2.75) is 92.6 Å². The number of methoxy groups -OCH3 is 2. The number of aromatic amines is 1. The van der Waals surface area contributed by atoms with E-state index in [2.05, 4.69) is 43.8 Å². The summed E-state index contributed by atoms with van der Waals surface area (Å²) >= 11 is 0. The van der Waals surface area contributed by atoms with Gasteiger partial charge in [0.15, 0.2) is 5.60 Å². The number of para-hydroxylation sites is 1.